The quantitative estimate of drug-likeness (QED) is 0.474. The van der Waals surface area contributed by atoms with Gasteiger partial charge in [0.1, 0.15) is 5.69 Å². The van der Waals surface area contributed by atoms with Crippen LogP contribution in [0.1, 0.15) is 17.4 Å². The zero-order valence-corrected chi connectivity index (χ0v) is 13.7. The van der Waals surface area contributed by atoms with Gasteiger partial charge < -0.3 is 15.4 Å². The van der Waals surface area contributed by atoms with Gasteiger partial charge in [-0.2, -0.15) is 0 Å². The van der Waals surface area contributed by atoms with Crippen molar-refractivity contribution in [2.24, 2.45) is 0 Å². The minimum absolute atomic E-state index is 0.175. The maximum absolute atomic E-state index is 12.0. The van der Waals surface area contributed by atoms with Crippen molar-refractivity contribution in [1.82, 2.24) is 26.5 Å². The lowest BCUT2D eigenvalue weighted by atomic mass is 10.2. The fourth-order valence-electron chi connectivity index (χ4n) is 1.94. The number of carbonyl (C=O) groups excluding carboxylic acids is 3. The van der Waals surface area contributed by atoms with Gasteiger partial charge in [-0.15, -0.1) is 0 Å². The average Bonchev–Trinajstić information content (AvgIpc) is 2.63. The number of hydrogen-bond acceptors (Lipinski definition) is 5. The van der Waals surface area contributed by atoms with E-state index in [0.29, 0.717) is 5.52 Å². The number of pyridine rings is 1. The summed E-state index contributed by atoms with van der Waals surface area (Å²) in [5.41, 5.74) is 5.33. The van der Waals surface area contributed by atoms with E-state index in [4.69, 9.17) is 0 Å². The van der Waals surface area contributed by atoms with Crippen LogP contribution in [0.25, 0.3) is 10.9 Å². The number of nitrogens with one attached hydrogen (secondary N) is 4. The molecule has 4 amide bonds. The molecule has 0 unspecified atom stereocenters. The molecule has 0 aliphatic heterocycles. The van der Waals surface area contributed by atoms with Crippen molar-refractivity contribution in [1.29, 1.82) is 0 Å². The highest BCUT2D eigenvalue weighted by Crippen LogP contribution is 2.11. The van der Waals surface area contributed by atoms with Crippen molar-refractivity contribution in [2.45, 2.75) is 6.92 Å². The Morgan fingerprint density at radius 1 is 1.00 bits per heavy atom. The molecule has 0 spiro atoms. The molecule has 0 bridgehead atoms. The lowest BCUT2D eigenvalue weighted by Gasteiger charge is -2.09. The van der Waals surface area contributed by atoms with Gasteiger partial charge in [0.15, 0.2) is 0 Å². The van der Waals surface area contributed by atoms with E-state index in [2.05, 4.69) is 31.2 Å². The van der Waals surface area contributed by atoms with Gasteiger partial charge in [-0.05, 0) is 19.1 Å². The van der Waals surface area contributed by atoms with Crippen molar-refractivity contribution in [3.8, 4) is 0 Å². The molecule has 2 aromatic rings. The zero-order valence-electron chi connectivity index (χ0n) is 13.7. The largest absolute Gasteiger partial charge is 0.450 e. The van der Waals surface area contributed by atoms with Crippen molar-refractivity contribution >= 4 is 28.9 Å². The minimum Gasteiger partial charge on any atom is -0.450 e. The van der Waals surface area contributed by atoms with Crippen LogP contribution in [-0.4, -0.2) is 42.7 Å². The molecule has 1 heterocycles. The van der Waals surface area contributed by atoms with Crippen LogP contribution >= 0.6 is 0 Å². The average molecular weight is 345 g/mol. The SMILES string of the molecule is CCOC(=O)NCCNC(=O)NNC(=O)c1ccc2ccccc2n1. The Morgan fingerprint density at radius 2 is 1.76 bits per heavy atom. The Labute approximate surface area is 144 Å². The Balaban J connectivity index is 1.73. The first-order valence-electron chi connectivity index (χ1n) is 7.70. The monoisotopic (exact) mass is 345 g/mol. The van der Waals surface area contributed by atoms with Crippen LogP contribution in [0.15, 0.2) is 36.4 Å². The number of hydrogen-bond donors (Lipinski definition) is 4. The molecule has 0 aliphatic carbocycles. The van der Waals surface area contributed by atoms with Gasteiger partial charge in [-0.1, -0.05) is 24.3 Å². The van der Waals surface area contributed by atoms with Crippen molar-refractivity contribution in [3.05, 3.63) is 42.1 Å². The van der Waals surface area contributed by atoms with Gasteiger partial charge in [0.05, 0.1) is 12.1 Å². The molecule has 0 saturated heterocycles. The van der Waals surface area contributed by atoms with Gasteiger partial charge in [0.2, 0.25) is 0 Å². The van der Waals surface area contributed by atoms with Crippen molar-refractivity contribution in [3.63, 3.8) is 0 Å². The van der Waals surface area contributed by atoms with Crippen LogP contribution in [0.5, 0.6) is 0 Å². The van der Waals surface area contributed by atoms with Crippen LogP contribution in [-0.2, 0) is 4.74 Å². The predicted molar refractivity (Wildman–Crippen MR) is 90.8 cm³/mol. The number of carbonyl (C=O) groups is 3. The first kappa shape index (κ1) is 18.0. The molecule has 0 aliphatic rings. The summed E-state index contributed by atoms with van der Waals surface area (Å²) in [6, 6.07) is 10.1. The smallest absolute Gasteiger partial charge is 0.407 e. The predicted octanol–water partition coefficient (Wildman–Crippen LogP) is 0.925. The molecule has 4 N–H and O–H groups in total. The number of nitrogens with zero attached hydrogens (tertiary/aromatic N) is 1. The van der Waals surface area contributed by atoms with Crippen LogP contribution in [0.2, 0.25) is 0 Å². The van der Waals surface area contributed by atoms with Gasteiger partial charge in [-0.25, -0.2) is 20.0 Å². The topological polar surface area (TPSA) is 121 Å². The summed E-state index contributed by atoms with van der Waals surface area (Å²) < 4.78 is 4.67. The summed E-state index contributed by atoms with van der Waals surface area (Å²) in [4.78, 5) is 38.8. The Bertz CT molecular complexity index is 765. The van der Waals surface area contributed by atoms with E-state index in [1.165, 1.54) is 0 Å². The third kappa shape index (κ3) is 5.65. The molecular weight excluding hydrogens is 326 g/mol. The number of hydrazine groups is 1. The molecule has 25 heavy (non-hydrogen) atoms. The fraction of sp³-hybridized carbons (Fsp3) is 0.250. The summed E-state index contributed by atoms with van der Waals surface area (Å²) in [5.74, 6) is -0.537. The van der Waals surface area contributed by atoms with Crippen LogP contribution in [0.4, 0.5) is 9.59 Å². The molecular formula is C16H19N5O4. The summed E-state index contributed by atoms with van der Waals surface area (Å²) in [6.45, 7) is 2.34. The second-order valence-electron chi connectivity index (χ2n) is 4.87. The van der Waals surface area contributed by atoms with E-state index in [1.54, 1.807) is 25.1 Å². The first-order chi connectivity index (χ1) is 12.1. The molecule has 0 radical (unpaired) electrons. The van der Waals surface area contributed by atoms with Gasteiger partial charge in [-0.3, -0.25) is 10.2 Å². The molecule has 132 valence electrons. The third-order valence-electron chi connectivity index (χ3n) is 3.08. The van der Waals surface area contributed by atoms with Crippen molar-refractivity contribution in [2.75, 3.05) is 19.7 Å². The first-order valence-corrected chi connectivity index (χ1v) is 7.70. The standard InChI is InChI=1S/C16H19N5O4/c1-2-25-16(24)18-10-9-17-15(23)21-20-14(22)13-8-7-11-5-3-4-6-12(11)19-13/h3-8H,2,9-10H2,1H3,(H,18,24)(H,20,22)(H2,17,21,23). The Hall–Kier alpha value is -3.36. The highest BCUT2D eigenvalue weighted by Gasteiger charge is 2.09. The van der Waals surface area contributed by atoms with Gasteiger partial charge in [0.25, 0.3) is 5.91 Å². The second kappa shape index (κ2) is 9.06. The number of para-hydroxylation sites is 1. The molecule has 1 aromatic heterocycles. The molecule has 1 aromatic carbocycles. The number of amides is 4. The van der Waals surface area contributed by atoms with Crippen LogP contribution in [0.3, 0.4) is 0 Å². The van der Waals surface area contributed by atoms with E-state index in [9.17, 15) is 14.4 Å². The van der Waals surface area contributed by atoms with Gasteiger partial charge >= 0.3 is 12.1 Å². The number of ether oxygens (including phenoxy) is 1. The van der Waals surface area contributed by atoms with E-state index in [1.807, 2.05) is 18.2 Å². The normalized spacial score (nSPS) is 9.96. The van der Waals surface area contributed by atoms with E-state index in [0.717, 1.165) is 5.39 Å². The number of urea groups is 1. The van der Waals surface area contributed by atoms with Crippen LogP contribution < -0.4 is 21.5 Å². The fourth-order valence-corrected chi connectivity index (χ4v) is 1.94. The molecule has 0 atom stereocenters. The third-order valence-corrected chi connectivity index (χ3v) is 3.08. The number of rotatable bonds is 5. The summed E-state index contributed by atoms with van der Waals surface area (Å²) in [5, 5.41) is 5.82. The second-order valence-corrected chi connectivity index (χ2v) is 4.87. The maximum atomic E-state index is 12.0. The number of fused-ring (bicyclic) bond motifs is 1. The lowest BCUT2D eigenvalue weighted by molar-refractivity contribution is 0.0931. The number of aromatic nitrogens is 1. The summed E-state index contributed by atoms with van der Waals surface area (Å²) >= 11 is 0. The van der Waals surface area contributed by atoms with Crippen molar-refractivity contribution < 1.29 is 19.1 Å². The molecule has 9 heteroatoms. The molecule has 2 rings (SSSR count). The van der Waals surface area contributed by atoms with E-state index < -0.39 is 18.0 Å². The number of alkyl carbamates (subject to hydrolysis) is 1. The Morgan fingerprint density at radius 3 is 2.56 bits per heavy atom. The highest BCUT2D eigenvalue weighted by molar-refractivity contribution is 5.95. The number of benzene rings is 1. The van der Waals surface area contributed by atoms with E-state index >= 15 is 0 Å². The molecule has 0 saturated carbocycles. The van der Waals surface area contributed by atoms with E-state index in [-0.39, 0.29) is 25.4 Å². The van der Waals surface area contributed by atoms with Gasteiger partial charge in [0, 0.05) is 18.5 Å². The molecule has 0 fully saturated rings. The molecule has 9 nitrogen and oxygen atoms in total. The van der Waals surface area contributed by atoms with Crippen LogP contribution in [0, 0.1) is 0 Å². The summed E-state index contributed by atoms with van der Waals surface area (Å²) in [7, 11) is 0. The maximum Gasteiger partial charge on any atom is 0.407 e. The zero-order chi connectivity index (χ0) is 18.1. The lowest BCUT2D eigenvalue weighted by Crippen LogP contribution is -2.48. The minimum atomic E-state index is -0.611. The Kier molecular flexibility index (Phi) is 6.52. The highest BCUT2D eigenvalue weighted by atomic mass is 16.5. The summed E-state index contributed by atoms with van der Waals surface area (Å²) in [6.07, 6.45) is -0.555.